The molecule has 1 aromatic heterocycles. The average Bonchev–Trinajstić information content (AvgIpc) is 2.55. The lowest BCUT2D eigenvalue weighted by Crippen LogP contribution is -2.19. The van der Waals surface area contributed by atoms with Gasteiger partial charge in [-0.2, -0.15) is 5.10 Å². The molecular weight excluding hydrogens is 318 g/mol. The fourth-order valence-corrected chi connectivity index (χ4v) is 2.42. The van der Waals surface area contributed by atoms with Crippen LogP contribution in [0.2, 0.25) is 5.02 Å². The third kappa shape index (κ3) is 2.89. The van der Waals surface area contributed by atoms with Crippen LogP contribution in [0.1, 0.15) is 10.5 Å². The van der Waals surface area contributed by atoms with Crippen LogP contribution in [0.25, 0.3) is 10.8 Å². The van der Waals surface area contributed by atoms with Crippen LogP contribution < -0.4 is 15.6 Å². The minimum atomic E-state index is -0.474. The molecule has 0 aliphatic heterocycles. The number of ether oxygens (including phenoxy) is 1. The molecule has 2 N–H and O–H groups in total. The zero-order valence-corrected chi connectivity index (χ0v) is 12.8. The van der Waals surface area contributed by atoms with Crippen molar-refractivity contribution in [1.29, 1.82) is 0 Å². The molecule has 0 fully saturated rings. The zero-order valence-electron chi connectivity index (χ0n) is 12.1. The van der Waals surface area contributed by atoms with Crippen LogP contribution >= 0.6 is 11.6 Å². The molecule has 116 valence electrons. The molecule has 3 rings (SSSR count). The highest BCUT2D eigenvalue weighted by Gasteiger charge is 2.16. The normalized spacial score (nSPS) is 10.5. The molecule has 0 spiro atoms. The first-order valence-electron chi connectivity index (χ1n) is 6.72. The van der Waals surface area contributed by atoms with E-state index in [0.29, 0.717) is 27.2 Å². The van der Waals surface area contributed by atoms with Gasteiger partial charge < -0.3 is 10.1 Å². The second kappa shape index (κ2) is 6.10. The van der Waals surface area contributed by atoms with Crippen LogP contribution in [-0.4, -0.2) is 23.2 Å². The molecule has 0 unspecified atom stereocenters. The maximum atomic E-state index is 12.5. The molecule has 1 heterocycles. The molecule has 0 aliphatic rings. The van der Waals surface area contributed by atoms with Crippen LogP contribution in [0.4, 0.5) is 5.69 Å². The summed E-state index contributed by atoms with van der Waals surface area (Å²) in [7, 11) is 1.49. The largest absolute Gasteiger partial charge is 0.495 e. The van der Waals surface area contributed by atoms with E-state index < -0.39 is 5.91 Å². The van der Waals surface area contributed by atoms with Gasteiger partial charge in [-0.3, -0.25) is 9.59 Å². The predicted octanol–water partition coefficient (Wildman–Crippen LogP) is 2.84. The summed E-state index contributed by atoms with van der Waals surface area (Å²) < 4.78 is 5.19. The Kier molecular flexibility index (Phi) is 3.99. The van der Waals surface area contributed by atoms with Crippen LogP contribution in [0.3, 0.4) is 0 Å². The maximum absolute atomic E-state index is 12.5. The number of hydrogen-bond acceptors (Lipinski definition) is 4. The third-order valence-corrected chi connectivity index (χ3v) is 3.56. The SMILES string of the molecule is COc1ccc(Cl)cc1NC(=O)c1n[nH]c(=O)c2ccccc12. The molecule has 0 bridgehead atoms. The molecule has 23 heavy (non-hydrogen) atoms. The van der Waals surface area contributed by atoms with Crippen LogP contribution in [-0.2, 0) is 0 Å². The van der Waals surface area contributed by atoms with Crippen LogP contribution in [0.15, 0.2) is 47.3 Å². The van der Waals surface area contributed by atoms with Gasteiger partial charge in [0, 0.05) is 10.4 Å². The van der Waals surface area contributed by atoms with Gasteiger partial charge >= 0.3 is 0 Å². The summed E-state index contributed by atoms with van der Waals surface area (Å²) in [6.45, 7) is 0. The molecule has 2 aromatic carbocycles. The maximum Gasteiger partial charge on any atom is 0.276 e. The zero-order chi connectivity index (χ0) is 16.4. The number of carbonyl (C=O) groups is 1. The molecule has 7 heteroatoms. The van der Waals surface area contributed by atoms with E-state index in [1.165, 1.54) is 7.11 Å². The van der Waals surface area contributed by atoms with Gasteiger partial charge in [-0.15, -0.1) is 0 Å². The van der Waals surface area contributed by atoms with E-state index >= 15 is 0 Å². The highest BCUT2D eigenvalue weighted by molar-refractivity contribution is 6.31. The van der Waals surface area contributed by atoms with Gasteiger partial charge in [-0.25, -0.2) is 5.10 Å². The van der Waals surface area contributed by atoms with Crippen molar-refractivity contribution < 1.29 is 9.53 Å². The van der Waals surface area contributed by atoms with E-state index in [1.54, 1.807) is 42.5 Å². The van der Waals surface area contributed by atoms with Gasteiger partial charge in [0.2, 0.25) is 0 Å². The van der Waals surface area contributed by atoms with E-state index in [1.807, 2.05) is 0 Å². The fourth-order valence-electron chi connectivity index (χ4n) is 2.25. The van der Waals surface area contributed by atoms with E-state index in [4.69, 9.17) is 16.3 Å². The van der Waals surface area contributed by atoms with Crippen LogP contribution in [0, 0.1) is 0 Å². The van der Waals surface area contributed by atoms with Crippen molar-refractivity contribution in [3.8, 4) is 5.75 Å². The van der Waals surface area contributed by atoms with E-state index in [0.717, 1.165) is 0 Å². The lowest BCUT2D eigenvalue weighted by Gasteiger charge is -2.11. The van der Waals surface area contributed by atoms with Gasteiger partial charge in [0.05, 0.1) is 18.2 Å². The standard InChI is InChI=1S/C16H12ClN3O3/c1-23-13-7-6-9(17)8-12(13)18-16(22)14-10-4-2-3-5-11(10)15(21)20-19-14/h2-8H,1H3,(H,18,22)(H,20,21). The fraction of sp³-hybridized carbons (Fsp3) is 0.0625. The minimum absolute atomic E-state index is 0.113. The number of carbonyl (C=O) groups excluding carboxylic acids is 1. The van der Waals surface area contributed by atoms with Crippen molar-refractivity contribution in [2.75, 3.05) is 12.4 Å². The summed E-state index contributed by atoms with van der Waals surface area (Å²) in [5, 5.41) is 10.2. The highest BCUT2D eigenvalue weighted by Crippen LogP contribution is 2.28. The number of aromatic amines is 1. The summed E-state index contributed by atoms with van der Waals surface area (Å²) in [6.07, 6.45) is 0. The Hall–Kier alpha value is -2.86. The number of hydrogen-bond donors (Lipinski definition) is 2. The number of fused-ring (bicyclic) bond motifs is 1. The summed E-state index contributed by atoms with van der Waals surface area (Å²) >= 11 is 5.95. The lowest BCUT2D eigenvalue weighted by atomic mass is 10.1. The van der Waals surface area contributed by atoms with Crippen molar-refractivity contribution in [2.24, 2.45) is 0 Å². The number of H-pyrrole nitrogens is 1. The molecule has 1 amide bonds. The van der Waals surface area contributed by atoms with Crippen molar-refractivity contribution in [1.82, 2.24) is 10.2 Å². The minimum Gasteiger partial charge on any atom is -0.495 e. The number of halogens is 1. The van der Waals surface area contributed by atoms with Crippen molar-refractivity contribution >= 4 is 34.0 Å². The molecule has 0 aliphatic carbocycles. The molecule has 0 saturated heterocycles. The molecule has 6 nitrogen and oxygen atoms in total. The molecule has 0 atom stereocenters. The Morgan fingerprint density at radius 1 is 1.22 bits per heavy atom. The Morgan fingerprint density at radius 3 is 2.70 bits per heavy atom. The highest BCUT2D eigenvalue weighted by atomic mass is 35.5. The smallest absolute Gasteiger partial charge is 0.276 e. The Balaban J connectivity index is 2.04. The summed E-state index contributed by atoms with van der Waals surface area (Å²) in [6, 6.07) is 11.6. The Bertz CT molecular complexity index is 953. The second-order valence-electron chi connectivity index (χ2n) is 4.75. The second-order valence-corrected chi connectivity index (χ2v) is 5.18. The van der Waals surface area contributed by atoms with E-state index in [9.17, 15) is 9.59 Å². The number of amides is 1. The molecule has 3 aromatic rings. The lowest BCUT2D eigenvalue weighted by molar-refractivity contribution is 0.102. The number of rotatable bonds is 3. The monoisotopic (exact) mass is 329 g/mol. The average molecular weight is 330 g/mol. The number of nitrogens with zero attached hydrogens (tertiary/aromatic N) is 1. The number of nitrogens with one attached hydrogen (secondary N) is 2. The number of aromatic nitrogens is 2. The van der Waals surface area contributed by atoms with Crippen molar-refractivity contribution in [2.45, 2.75) is 0 Å². The first kappa shape index (κ1) is 15.1. The summed E-state index contributed by atoms with van der Waals surface area (Å²) in [4.78, 5) is 24.3. The van der Waals surface area contributed by atoms with Crippen molar-refractivity contribution in [3.05, 3.63) is 63.5 Å². The quantitative estimate of drug-likeness (QED) is 0.774. The van der Waals surface area contributed by atoms with Gasteiger partial charge in [-0.05, 0) is 24.3 Å². The van der Waals surface area contributed by atoms with Gasteiger partial charge in [-0.1, -0.05) is 29.8 Å². The summed E-state index contributed by atoms with van der Waals surface area (Å²) in [5.41, 5.74) is 0.182. The Labute approximate surface area is 136 Å². The van der Waals surface area contributed by atoms with Crippen LogP contribution in [0.5, 0.6) is 5.75 Å². The van der Waals surface area contributed by atoms with E-state index in [2.05, 4.69) is 15.5 Å². The Morgan fingerprint density at radius 2 is 1.96 bits per heavy atom. The first-order valence-corrected chi connectivity index (χ1v) is 7.10. The van der Waals surface area contributed by atoms with Gasteiger partial charge in [0.15, 0.2) is 5.69 Å². The predicted molar refractivity (Wildman–Crippen MR) is 88.3 cm³/mol. The first-order chi connectivity index (χ1) is 11.1. The molecular formula is C16H12ClN3O3. The van der Waals surface area contributed by atoms with Gasteiger partial charge in [0.25, 0.3) is 11.5 Å². The number of methoxy groups -OCH3 is 1. The summed E-state index contributed by atoms with van der Waals surface area (Å²) in [5.74, 6) is -0.00510. The third-order valence-electron chi connectivity index (χ3n) is 3.32. The van der Waals surface area contributed by atoms with Crippen molar-refractivity contribution in [3.63, 3.8) is 0 Å². The van der Waals surface area contributed by atoms with E-state index in [-0.39, 0.29) is 11.3 Å². The van der Waals surface area contributed by atoms with Gasteiger partial charge in [0.1, 0.15) is 5.75 Å². The topological polar surface area (TPSA) is 84.1 Å². The number of anilines is 1. The molecule has 0 radical (unpaired) electrons. The number of benzene rings is 2. The molecule has 0 saturated carbocycles.